The molecule has 0 bridgehead atoms. The summed E-state index contributed by atoms with van der Waals surface area (Å²) in [5.41, 5.74) is -3.66. The predicted octanol–water partition coefficient (Wildman–Crippen LogP) is 2.19. The third-order valence-corrected chi connectivity index (χ3v) is 5.85. The number of anilines is 1. The third-order valence-electron chi connectivity index (χ3n) is 4.66. The van der Waals surface area contributed by atoms with Gasteiger partial charge in [0.2, 0.25) is 0 Å². The summed E-state index contributed by atoms with van der Waals surface area (Å²) in [7, 11) is -0.462. The van der Waals surface area contributed by atoms with Crippen LogP contribution in [0, 0.1) is 18.2 Å². The van der Waals surface area contributed by atoms with Crippen molar-refractivity contribution in [3.05, 3.63) is 41.5 Å². The number of terminal acetylenes is 1. The van der Waals surface area contributed by atoms with Gasteiger partial charge < -0.3 is 19.7 Å². The zero-order chi connectivity index (χ0) is 23.1. The lowest BCUT2D eigenvalue weighted by Gasteiger charge is -2.26. The molecule has 1 amide bonds. The van der Waals surface area contributed by atoms with Gasteiger partial charge in [0.15, 0.2) is 11.4 Å². The number of aromatic nitrogens is 1. The van der Waals surface area contributed by atoms with Crippen molar-refractivity contribution in [3.63, 3.8) is 0 Å². The van der Waals surface area contributed by atoms with Gasteiger partial charge in [-0.15, -0.1) is 6.42 Å². The molecule has 3 rings (SSSR count). The molecule has 0 saturated carbocycles. The molecule has 3 atom stereocenters. The van der Waals surface area contributed by atoms with Gasteiger partial charge in [-0.3, -0.25) is 4.79 Å². The van der Waals surface area contributed by atoms with Gasteiger partial charge in [-0.2, -0.15) is 13.2 Å². The quantitative estimate of drug-likeness (QED) is 0.485. The Hall–Kier alpha value is -2.88. The van der Waals surface area contributed by atoms with Crippen LogP contribution in [0.25, 0.3) is 0 Å². The normalized spacial score (nSPS) is 20.6. The molecule has 0 fully saturated rings. The van der Waals surface area contributed by atoms with Crippen molar-refractivity contribution >= 4 is 22.6 Å². The first-order valence-corrected chi connectivity index (χ1v) is 9.88. The minimum atomic E-state index is -4.94. The van der Waals surface area contributed by atoms with Crippen molar-refractivity contribution in [2.24, 2.45) is 7.05 Å². The van der Waals surface area contributed by atoms with Crippen LogP contribution < -0.4 is 14.8 Å². The van der Waals surface area contributed by atoms with E-state index in [9.17, 15) is 31.7 Å². The fraction of sp³-hybridized carbons (Fsp3) is 0.316. The Labute approximate surface area is 177 Å². The fourth-order valence-corrected chi connectivity index (χ4v) is 4.15. The summed E-state index contributed by atoms with van der Waals surface area (Å²) in [5, 5.41) is 12.5. The van der Waals surface area contributed by atoms with Crippen molar-refractivity contribution in [1.29, 1.82) is 0 Å². The number of amides is 1. The number of hydrogen-bond acceptors (Lipinski definition) is 4. The van der Waals surface area contributed by atoms with Gasteiger partial charge in [0.05, 0.1) is 11.6 Å². The summed E-state index contributed by atoms with van der Waals surface area (Å²) >= 11 is 0. The van der Waals surface area contributed by atoms with E-state index in [0.29, 0.717) is 12.1 Å². The van der Waals surface area contributed by atoms with Crippen LogP contribution in [0.4, 0.5) is 23.2 Å². The zero-order valence-corrected chi connectivity index (χ0v) is 17.0. The van der Waals surface area contributed by atoms with Crippen LogP contribution in [-0.2, 0) is 24.2 Å². The maximum absolute atomic E-state index is 13.5. The number of nitrogens with one attached hydrogen (secondary N) is 2. The summed E-state index contributed by atoms with van der Waals surface area (Å²) in [4.78, 5) is 12.9. The smallest absolute Gasteiger partial charge is 0.419 e. The van der Waals surface area contributed by atoms with E-state index in [0.717, 1.165) is 6.07 Å². The Morgan fingerprint density at radius 3 is 2.74 bits per heavy atom. The molecule has 1 aromatic carbocycles. The van der Waals surface area contributed by atoms with Crippen molar-refractivity contribution < 1.29 is 36.4 Å². The second-order valence-corrected chi connectivity index (χ2v) is 8.18. The maximum atomic E-state index is 13.5. The number of aryl methyl sites for hydroxylation is 1. The van der Waals surface area contributed by atoms with Gasteiger partial charge in [-0.1, -0.05) is 5.92 Å². The highest BCUT2D eigenvalue weighted by molar-refractivity contribution is 7.83. The first kappa shape index (κ1) is 22.8. The van der Waals surface area contributed by atoms with Gasteiger partial charge in [0, 0.05) is 18.9 Å². The SMILES string of the molecule is C#CC(C)(O)C1COc2c(cn(C)c2C(=O)Nc2ccc(F)c(C(F)(F)F)c2)S(=O)N1. The number of carbonyl (C=O) groups excluding carboxylic acids is 1. The third kappa shape index (κ3) is 4.43. The summed E-state index contributed by atoms with van der Waals surface area (Å²) < 4.78 is 74.4. The van der Waals surface area contributed by atoms with E-state index in [1.54, 1.807) is 0 Å². The Balaban J connectivity index is 1.92. The standard InChI is InChI=1S/C19H17F4N3O4S/c1-4-18(2,28)14-9-30-16-13(31(29)25-14)8-26(3)15(16)17(27)24-10-5-6-12(20)11(7-10)19(21,22)23/h1,5-8,14,25,28H,9H2,2-3H3,(H,24,27). The Bertz CT molecular complexity index is 1100. The van der Waals surface area contributed by atoms with Crippen molar-refractivity contribution in [2.75, 3.05) is 11.9 Å². The minimum Gasteiger partial charge on any atom is -0.488 e. The molecule has 1 aliphatic heterocycles. The molecule has 0 saturated heterocycles. The second kappa shape index (κ2) is 7.99. The highest BCUT2D eigenvalue weighted by Gasteiger charge is 2.38. The highest BCUT2D eigenvalue weighted by Crippen LogP contribution is 2.35. The molecular formula is C19H17F4N3O4S. The molecule has 0 radical (unpaired) electrons. The highest BCUT2D eigenvalue weighted by atomic mass is 32.2. The Kier molecular flexibility index (Phi) is 5.88. The van der Waals surface area contributed by atoms with Gasteiger partial charge in [-0.25, -0.2) is 13.3 Å². The molecule has 12 heteroatoms. The lowest BCUT2D eigenvalue weighted by atomic mass is 9.99. The van der Waals surface area contributed by atoms with E-state index >= 15 is 0 Å². The molecule has 1 aliphatic rings. The Morgan fingerprint density at radius 1 is 1.45 bits per heavy atom. The molecule has 7 nitrogen and oxygen atoms in total. The molecule has 166 valence electrons. The van der Waals surface area contributed by atoms with Crippen molar-refractivity contribution in [2.45, 2.75) is 29.6 Å². The molecule has 0 aliphatic carbocycles. The number of rotatable bonds is 3. The Morgan fingerprint density at radius 2 is 2.13 bits per heavy atom. The average Bonchev–Trinajstić information content (AvgIpc) is 2.92. The fourth-order valence-electron chi connectivity index (χ4n) is 2.89. The molecule has 1 aromatic heterocycles. The first-order chi connectivity index (χ1) is 14.3. The molecule has 0 spiro atoms. The number of ether oxygens (including phenoxy) is 1. The molecule has 31 heavy (non-hydrogen) atoms. The van der Waals surface area contributed by atoms with Crippen LogP contribution in [0.15, 0.2) is 29.3 Å². The van der Waals surface area contributed by atoms with E-state index in [2.05, 4.69) is 16.0 Å². The van der Waals surface area contributed by atoms with Gasteiger partial charge in [0.25, 0.3) is 5.91 Å². The topological polar surface area (TPSA) is 92.6 Å². The van der Waals surface area contributed by atoms with Crippen LogP contribution >= 0.6 is 0 Å². The lowest BCUT2D eigenvalue weighted by Crippen LogP contribution is -2.51. The van der Waals surface area contributed by atoms with Crippen LogP contribution in [0.5, 0.6) is 5.75 Å². The van der Waals surface area contributed by atoms with E-state index in [-0.39, 0.29) is 28.6 Å². The van der Waals surface area contributed by atoms with Crippen LogP contribution in [-0.4, -0.2) is 38.0 Å². The molecule has 2 aromatic rings. The number of benzene rings is 1. The summed E-state index contributed by atoms with van der Waals surface area (Å²) in [6.07, 6.45) is 1.68. The number of hydrogen-bond donors (Lipinski definition) is 3. The number of alkyl halides is 3. The van der Waals surface area contributed by atoms with E-state index in [4.69, 9.17) is 11.2 Å². The number of carbonyl (C=O) groups is 1. The van der Waals surface area contributed by atoms with Crippen molar-refractivity contribution in [1.82, 2.24) is 9.29 Å². The summed E-state index contributed by atoms with van der Waals surface area (Å²) in [6.45, 7) is 1.08. The number of aliphatic hydroxyl groups is 1. The van der Waals surface area contributed by atoms with Crippen molar-refractivity contribution in [3.8, 4) is 18.1 Å². The molecule has 3 unspecified atom stereocenters. The van der Waals surface area contributed by atoms with E-state index in [1.165, 1.54) is 24.7 Å². The van der Waals surface area contributed by atoms with Gasteiger partial charge in [-0.05, 0) is 25.1 Å². The van der Waals surface area contributed by atoms with Crippen LogP contribution in [0.1, 0.15) is 23.0 Å². The largest absolute Gasteiger partial charge is 0.488 e. The van der Waals surface area contributed by atoms with E-state index in [1.807, 2.05) is 0 Å². The van der Waals surface area contributed by atoms with Crippen LogP contribution in [0.2, 0.25) is 0 Å². The number of fused-ring (bicyclic) bond motifs is 1. The second-order valence-electron chi connectivity index (χ2n) is 6.97. The average molecular weight is 459 g/mol. The first-order valence-electron chi connectivity index (χ1n) is 8.73. The number of halogens is 4. The minimum absolute atomic E-state index is 0.0815. The molecule has 2 heterocycles. The molecular weight excluding hydrogens is 442 g/mol. The van der Waals surface area contributed by atoms with E-state index < -0.39 is 46.1 Å². The summed E-state index contributed by atoms with van der Waals surface area (Å²) in [6, 6.07) is 1.10. The molecule has 3 N–H and O–H groups in total. The predicted molar refractivity (Wildman–Crippen MR) is 103 cm³/mol. The van der Waals surface area contributed by atoms with Crippen LogP contribution in [0.3, 0.4) is 0 Å². The summed E-state index contributed by atoms with van der Waals surface area (Å²) in [5.74, 6) is -0.280. The maximum Gasteiger partial charge on any atom is 0.419 e. The monoisotopic (exact) mass is 459 g/mol. The zero-order valence-electron chi connectivity index (χ0n) is 16.2. The number of nitrogens with zero attached hydrogens (tertiary/aromatic N) is 1. The van der Waals surface area contributed by atoms with Gasteiger partial charge >= 0.3 is 6.18 Å². The van der Waals surface area contributed by atoms with Gasteiger partial charge in [0.1, 0.15) is 33.9 Å². The lowest BCUT2D eigenvalue weighted by molar-refractivity contribution is -0.139.